The van der Waals surface area contributed by atoms with Gasteiger partial charge in [-0.1, -0.05) is 12.1 Å². The Balaban J connectivity index is 0.000000703. The summed E-state index contributed by atoms with van der Waals surface area (Å²) in [7, 11) is 4.61. The maximum absolute atomic E-state index is 12.5. The van der Waals surface area contributed by atoms with Gasteiger partial charge in [0, 0.05) is 13.1 Å². The van der Waals surface area contributed by atoms with Gasteiger partial charge in [0.2, 0.25) is 5.75 Å². The molecule has 0 amide bonds. The summed E-state index contributed by atoms with van der Waals surface area (Å²) in [6.07, 6.45) is -4.32. The highest BCUT2D eigenvalue weighted by Crippen LogP contribution is 2.38. The third-order valence-corrected chi connectivity index (χ3v) is 3.85. The van der Waals surface area contributed by atoms with E-state index in [1.165, 1.54) is 33.5 Å². The summed E-state index contributed by atoms with van der Waals surface area (Å²) in [5.74, 6) is -2.04. The molecule has 0 aliphatic carbocycles. The standard InChI is InChI=1S/C18H20F3NO3.C2H2O4/c1-23-15-8-13(9-16(24-2)17(15)25-3)11-22-10-12-4-6-14(7-5-12)18(19,20)21;3-1(4)2(5)6/h4-9,22H,10-11H2,1-3H3;(H,3,4)(H,5,6). The molecule has 0 aliphatic rings. The van der Waals surface area contributed by atoms with Crippen LogP contribution in [0, 0.1) is 0 Å². The molecule has 0 spiro atoms. The molecule has 0 unspecified atom stereocenters. The van der Waals surface area contributed by atoms with Gasteiger partial charge in [0.05, 0.1) is 26.9 Å². The number of nitrogens with one attached hydrogen (secondary N) is 1. The first kappa shape index (κ1) is 25.6. The van der Waals surface area contributed by atoms with Crippen LogP contribution in [0.15, 0.2) is 36.4 Å². The van der Waals surface area contributed by atoms with Crippen molar-refractivity contribution in [1.29, 1.82) is 0 Å². The second-order valence-electron chi connectivity index (χ2n) is 5.94. The van der Waals surface area contributed by atoms with Crippen LogP contribution in [0.4, 0.5) is 13.2 Å². The van der Waals surface area contributed by atoms with E-state index in [9.17, 15) is 13.2 Å². The van der Waals surface area contributed by atoms with Gasteiger partial charge in [-0.3, -0.25) is 0 Å². The van der Waals surface area contributed by atoms with Gasteiger partial charge < -0.3 is 29.7 Å². The molecule has 2 aromatic carbocycles. The van der Waals surface area contributed by atoms with Crippen LogP contribution in [0.2, 0.25) is 0 Å². The Morgan fingerprint density at radius 3 is 1.65 bits per heavy atom. The average molecular weight is 445 g/mol. The fourth-order valence-corrected chi connectivity index (χ4v) is 2.40. The van der Waals surface area contributed by atoms with Crippen molar-refractivity contribution in [2.75, 3.05) is 21.3 Å². The molecule has 8 nitrogen and oxygen atoms in total. The van der Waals surface area contributed by atoms with Crippen LogP contribution in [0.1, 0.15) is 16.7 Å². The number of hydrogen-bond donors (Lipinski definition) is 3. The van der Waals surface area contributed by atoms with Gasteiger partial charge in [-0.15, -0.1) is 0 Å². The lowest BCUT2D eigenvalue weighted by Gasteiger charge is -2.14. The predicted octanol–water partition coefficient (Wildman–Crippen LogP) is 3.18. The summed E-state index contributed by atoms with van der Waals surface area (Å²) < 4.78 is 53.5. The molecule has 0 saturated carbocycles. The molecule has 170 valence electrons. The molecular weight excluding hydrogens is 423 g/mol. The van der Waals surface area contributed by atoms with Crippen molar-refractivity contribution < 1.29 is 47.2 Å². The zero-order valence-electron chi connectivity index (χ0n) is 16.9. The summed E-state index contributed by atoms with van der Waals surface area (Å²) in [6, 6.07) is 8.73. The number of alkyl halides is 3. The van der Waals surface area contributed by atoms with Crippen molar-refractivity contribution in [3.63, 3.8) is 0 Å². The van der Waals surface area contributed by atoms with Gasteiger partial charge in [0.15, 0.2) is 11.5 Å². The fraction of sp³-hybridized carbons (Fsp3) is 0.300. The number of hydrogen-bond acceptors (Lipinski definition) is 6. The highest BCUT2D eigenvalue weighted by molar-refractivity contribution is 6.27. The number of ether oxygens (including phenoxy) is 3. The zero-order valence-corrected chi connectivity index (χ0v) is 16.9. The fourth-order valence-electron chi connectivity index (χ4n) is 2.40. The molecule has 0 fully saturated rings. The number of benzene rings is 2. The van der Waals surface area contributed by atoms with E-state index < -0.39 is 23.7 Å². The van der Waals surface area contributed by atoms with E-state index in [0.717, 1.165) is 23.3 Å². The molecule has 11 heteroatoms. The summed E-state index contributed by atoms with van der Waals surface area (Å²) >= 11 is 0. The Morgan fingerprint density at radius 2 is 1.29 bits per heavy atom. The lowest BCUT2D eigenvalue weighted by atomic mass is 10.1. The highest BCUT2D eigenvalue weighted by Gasteiger charge is 2.29. The number of aliphatic carboxylic acids is 2. The number of carboxylic acids is 2. The Bertz CT molecular complexity index is 846. The maximum Gasteiger partial charge on any atom is 0.416 e. The largest absolute Gasteiger partial charge is 0.493 e. The molecule has 0 radical (unpaired) electrons. The van der Waals surface area contributed by atoms with Crippen LogP contribution >= 0.6 is 0 Å². The summed E-state index contributed by atoms with van der Waals surface area (Å²) in [6.45, 7) is 0.937. The molecule has 0 aromatic heterocycles. The monoisotopic (exact) mass is 445 g/mol. The number of halogens is 3. The number of methoxy groups -OCH3 is 3. The quantitative estimate of drug-likeness (QED) is 0.557. The third kappa shape index (κ3) is 8.05. The Hall–Kier alpha value is -3.47. The third-order valence-electron chi connectivity index (χ3n) is 3.85. The van der Waals surface area contributed by atoms with Crippen LogP contribution in [-0.2, 0) is 28.9 Å². The van der Waals surface area contributed by atoms with Crippen LogP contribution in [0.5, 0.6) is 17.2 Å². The Labute approximate surface area is 176 Å². The van der Waals surface area contributed by atoms with Gasteiger partial charge in [-0.2, -0.15) is 13.2 Å². The average Bonchev–Trinajstić information content (AvgIpc) is 2.73. The second kappa shape index (κ2) is 11.6. The van der Waals surface area contributed by atoms with Crippen molar-refractivity contribution >= 4 is 11.9 Å². The van der Waals surface area contributed by atoms with Gasteiger partial charge in [0.1, 0.15) is 0 Å². The van der Waals surface area contributed by atoms with Crippen LogP contribution in [0.25, 0.3) is 0 Å². The van der Waals surface area contributed by atoms with Gasteiger partial charge in [0.25, 0.3) is 0 Å². The zero-order chi connectivity index (χ0) is 23.6. The first-order valence-corrected chi connectivity index (χ1v) is 8.65. The number of carbonyl (C=O) groups is 2. The molecule has 0 aliphatic heterocycles. The molecule has 2 rings (SSSR count). The van der Waals surface area contributed by atoms with Crippen molar-refractivity contribution in [2.24, 2.45) is 0 Å². The van der Waals surface area contributed by atoms with E-state index in [0.29, 0.717) is 30.3 Å². The van der Waals surface area contributed by atoms with Crippen LogP contribution < -0.4 is 19.5 Å². The minimum absolute atomic E-state index is 0.439. The lowest BCUT2D eigenvalue weighted by Crippen LogP contribution is -2.13. The topological polar surface area (TPSA) is 114 Å². The highest BCUT2D eigenvalue weighted by atomic mass is 19.4. The Morgan fingerprint density at radius 1 is 0.839 bits per heavy atom. The molecule has 2 aromatic rings. The van der Waals surface area contributed by atoms with Crippen molar-refractivity contribution in [3.05, 3.63) is 53.1 Å². The van der Waals surface area contributed by atoms with Crippen molar-refractivity contribution in [3.8, 4) is 17.2 Å². The van der Waals surface area contributed by atoms with E-state index in [2.05, 4.69) is 5.32 Å². The smallest absolute Gasteiger partial charge is 0.416 e. The predicted molar refractivity (Wildman–Crippen MR) is 103 cm³/mol. The van der Waals surface area contributed by atoms with Crippen molar-refractivity contribution in [1.82, 2.24) is 5.32 Å². The Kier molecular flexibility index (Phi) is 9.61. The molecule has 0 bridgehead atoms. The van der Waals surface area contributed by atoms with E-state index in [1.807, 2.05) is 12.1 Å². The SMILES string of the molecule is COc1cc(CNCc2ccc(C(F)(F)F)cc2)cc(OC)c1OC.O=C(O)C(=O)O. The van der Waals surface area contributed by atoms with E-state index in [1.54, 1.807) is 0 Å². The normalized spacial score (nSPS) is 10.5. The summed E-state index contributed by atoms with van der Waals surface area (Å²) in [5.41, 5.74) is 1.02. The van der Waals surface area contributed by atoms with Gasteiger partial charge >= 0.3 is 18.1 Å². The minimum Gasteiger partial charge on any atom is -0.493 e. The number of carboxylic acid groups (broad SMARTS) is 2. The van der Waals surface area contributed by atoms with Crippen molar-refractivity contribution in [2.45, 2.75) is 19.3 Å². The van der Waals surface area contributed by atoms with E-state index in [4.69, 9.17) is 34.0 Å². The first-order chi connectivity index (χ1) is 14.5. The molecule has 3 N–H and O–H groups in total. The maximum atomic E-state index is 12.5. The summed E-state index contributed by atoms with van der Waals surface area (Å²) in [4.78, 5) is 18.2. The van der Waals surface area contributed by atoms with E-state index in [-0.39, 0.29) is 0 Å². The van der Waals surface area contributed by atoms with Crippen LogP contribution in [-0.4, -0.2) is 43.5 Å². The van der Waals surface area contributed by atoms with Gasteiger partial charge in [-0.05, 0) is 35.4 Å². The molecule has 0 saturated heterocycles. The van der Waals surface area contributed by atoms with Gasteiger partial charge in [-0.25, -0.2) is 9.59 Å². The number of rotatable bonds is 7. The summed E-state index contributed by atoms with van der Waals surface area (Å²) in [5, 5.41) is 18.0. The first-order valence-electron chi connectivity index (χ1n) is 8.65. The molecule has 0 heterocycles. The molecular formula is C20H22F3NO7. The van der Waals surface area contributed by atoms with E-state index >= 15 is 0 Å². The van der Waals surface area contributed by atoms with Crippen LogP contribution in [0.3, 0.4) is 0 Å². The molecule has 31 heavy (non-hydrogen) atoms. The lowest BCUT2D eigenvalue weighted by molar-refractivity contribution is -0.159. The molecule has 0 atom stereocenters. The second-order valence-corrected chi connectivity index (χ2v) is 5.94. The minimum atomic E-state index is -4.32.